The van der Waals surface area contributed by atoms with Gasteiger partial charge in [0.25, 0.3) is 11.8 Å². The van der Waals surface area contributed by atoms with Gasteiger partial charge in [0, 0.05) is 87.7 Å². The Morgan fingerprint density at radius 1 is 1.09 bits per heavy atom. The SMILES string of the molecule is COc1cc2cc(c1Cl)N(C)C(=O)C[C@H](OC(=O)[C@H](C)N(C)C(=O)CCSSC(C)(C)CC(=O)N/N=C(\C)c1cnc(OCCCC(=O)ON3C(=O)CCC3=O)nc1)C1(C)O[C@H]1[C@H](C)[C@@H]1C[C@@](O)(NC(=O)O1)[C@H](OC)/C=C/C=C(\C)C2. The quantitative estimate of drug-likeness (QED) is 0.0278. The third-order valence-corrected chi connectivity index (χ3v) is 17.8. The number of nitrogens with zero attached hydrogens (tertiary/aromatic N) is 6. The smallest absolute Gasteiger partial charge is 0.409 e. The van der Waals surface area contributed by atoms with E-state index in [1.54, 1.807) is 52.1 Å². The summed E-state index contributed by atoms with van der Waals surface area (Å²) in [5.41, 5.74) is 2.31. The lowest BCUT2D eigenvalue weighted by molar-refractivity contribution is -0.197. The van der Waals surface area contributed by atoms with Crippen LogP contribution in [0.1, 0.15) is 111 Å². The van der Waals surface area contributed by atoms with E-state index in [-0.39, 0.29) is 80.8 Å². The molecule has 2 aromatic rings. The number of nitrogens with one attached hydrogen (secondary N) is 2. The molecule has 3 N–H and O–H groups in total. The lowest BCUT2D eigenvalue weighted by Crippen LogP contribution is -2.63. The van der Waals surface area contributed by atoms with Gasteiger partial charge in [-0.1, -0.05) is 63.9 Å². The van der Waals surface area contributed by atoms with Gasteiger partial charge in [-0.15, -0.1) is 5.06 Å². The van der Waals surface area contributed by atoms with E-state index >= 15 is 0 Å². The molecule has 1 unspecified atom stereocenters. The molecule has 6 rings (SSSR count). The number of anilines is 1. The molecule has 0 spiro atoms. The van der Waals surface area contributed by atoms with Gasteiger partial charge >= 0.3 is 24.0 Å². The molecule has 1 aromatic carbocycles. The number of carbonyl (C=O) groups excluding carboxylic acids is 8. The molecular weight excluding hydrogens is 1120 g/mol. The van der Waals surface area contributed by atoms with Crippen molar-refractivity contribution < 1.29 is 76.7 Å². The zero-order chi connectivity index (χ0) is 59.6. The number of aromatic nitrogens is 2. The average molecular weight is 1190 g/mol. The minimum Gasteiger partial charge on any atom is -0.495 e. The number of aliphatic hydroxyl groups is 1. The fourth-order valence-electron chi connectivity index (χ4n) is 9.15. The Labute approximate surface area is 483 Å². The first kappa shape index (κ1) is 63.9. The molecule has 24 nitrogen and oxygen atoms in total. The summed E-state index contributed by atoms with van der Waals surface area (Å²) in [5.74, 6) is -3.80. The predicted molar refractivity (Wildman–Crippen MR) is 299 cm³/mol. The van der Waals surface area contributed by atoms with E-state index in [9.17, 15) is 43.5 Å². The Kier molecular flexibility index (Phi) is 21.8. The maximum absolute atomic E-state index is 14.4. The van der Waals surface area contributed by atoms with E-state index in [4.69, 9.17) is 44.9 Å². The molecule has 0 saturated carbocycles. The van der Waals surface area contributed by atoms with Gasteiger partial charge in [0.2, 0.25) is 17.7 Å². The number of rotatable bonds is 20. The molecular formula is C54H71ClN8O16S2. The maximum atomic E-state index is 14.4. The first-order valence-corrected chi connectivity index (χ1v) is 28.9. The number of hydroxylamine groups is 2. The second-order valence-electron chi connectivity index (χ2n) is 21.0. The number of likely N-dealkylation sites (N-methyl/N-ethyl adjacent to an activating group) is 1. The van der Waals surface area contributed by atoms with Crippen molar-refractivity contribution >= 4 is 92.2 Å². The summed E-state index contributed by atoms with van der Waals surface area (Å²) >= 11 is 6.83. The molecule has 442 valence electrons. The molecule has 81 heavy (non-hydrogen) atoms. The number of esters is 1. The van der Waals surface area contributed by atoms with Gasteiger partial charge in [-0.2, -0.15) is 5.10 Å². The lowest BCUT2D eigenvalue weighted by atomic mass is 9.83. The number of benzene rings is 1. The van der Waals surface area contributed by atoms with Crippen molar-refractivity contribution in [1.82, 2.24) is 30.7 Å². The Bertz CT molecular complexity index is 2790. The number of allylic oxidation sites excluding steroid dienone is 3. The summed E-state index contributed by atoms with van der Waals surface area (Å²) in [7, 11) is 8.71. The molecule has 1 aromatic heterocycles. The highest BCUT2D eigenvalue weighted by atomic mass is 35.5. The molecule has 6 amide bonds. The minimum absolute atomic E-state index is 0.00305. The fourth-order valence-corrected chi connectivity index (χ4v) is 12.0. The molecule has 27 heteroatoms. The van der Waals surface area contributed by atoms with Gasteiger partial charge in [0.15, 0.2) is 5.72 Å². The molecule has 5 heterocycles. The summed E-state index contributed by atoms with van der Waals surface area (Å²) < 4.78 is 34.4. The molecule has 4 aliphatic rings. The number of imide groups is 1. The predicted octanol–water partition coefficient (Wildman–Crippen LogP) is 5.55. The number of methoxy groups -OCH3 is 2. The third kappa shape index (κ3) is 16.7. The summed E-state index contributed by atoms with van der Waals surface area (Å²) in [6, 6.07) is 2.47. The van der Waals surface area contributed by atoms with Crippen molar-refractivity contribution in [3.63, 3.8) is 0 Å². The Hall–Kier alpha value is -6.32. The van der Waals surface area contributed by atoms with Crippen molar-refractivity contribution in [3.05, 3.63) is 64.5 Å². The molecule has 0 aliphatic carbocycles. The van der Waals surface area contributed by atoms with E-state index in [1.807, 2.05) is 26.8 Å². The number of halogens is 1. The third-order valence-electron chi connectivity index (χ3n) is 14.1. The highest BCUT2D eigenvalue weighted by Gasteiger charge is 2.64. The largest absolute Gasteiger partial charge is 0.495 e. The first-order valence-electron chi connectivity index (χ1n) is 26.2. The van der Waals surface area contributed by atoms with Crippen LogP contribution >= 0.6 is 33.2 Å². The van der Waals surface area contributed by atoms with Crippen molar-refractivity contribution in [2.45, 2.75) is 153 Å². The maximum Gasteiger partial charge on any atom is 0.409 e. The molecule has 3 fully saturated rings. The monoisotopic (exact) mass is 1190 g/mol. The zero-order valence-electron chi connectivity index (χ0n) is 47.2. The van der Waals surface area contributed by atoms with E-state index in [0.717, 1.165) is 11.1 Å². The topological polar surface area (TPSA) is 297 Å². The number of ether oxygens (including phenoxy) is 6. The number of amides is 6. The van der Waals surface area contributed by atoms with E-state index in [1.165, 1.54) is 72.0 Å². The molecule has 0 radical (unpaired) electrons. The fraction of sp³-hybridized carbons (Fsp3) is 0.574. The first-order chi connectivity index (χ1) is 38.2. The molecule has 4 aliphatic heterocycles. The van der Waals surface area contributed by atoms with Crippen molar-refractivity contribution in [1.29, 1.82) is 0 Å². The highest BCUT2D eigenvalue weighted by molar-refractivity contribution is 8.77. The van der Waals surface area contributed by atoms with Crippen LogP contribution in [0.2, 0.25) is 5.02 Å². The van der Waals surface area contributed by atoms with Crippen LogP contribution in [0.5, 0.6) is 11.8 Å². The molecule has 4 bridgehead atoms. The van der Waals surface area contributed by atoms with Crippen LogP contribution < -0.4 is 25.1 Å². The zero-order valence-corrected chi connectivity index (χ0v) is 49.6. The van der Waals surface area contributed by atoms with Gasteiger partial charge in [-0.05, 0) is 72.1 Å². The van der Waals surface area contributed by atoms with Crippen molar-refractivity contribution in [2.75, 3.05) is 45.6 Å². The average Bonchev–Trinajstić information content (AvgIpc) is 4.01. The van der Waals surface area contributed by atoms with E-state index in [2.05, 4.69) is 25.8 Å². The van der Waals surface area contributed by atoms with Crippen molar-refractivity contribution in [3.8, 4) is 11.8 Å². The van der Waals surface area contributed by atoms with Gasteiger partial charge in [-0.25, -0.2) is 29.8 Å². The standard InChI is InChI=1S/C54H71ClN8O16S2/c1-30-14-12-15-39(74-11)54(72)26-38(76-51(71)58-54)31(2)48-53(7,78-48)40(25-45(68)62(9)36-23-34(22-30)24-37(73-10)47(36)55)77-49(70)33(4)61(8)42(65)19-21-80-81-52(5,6)27-41(64)60-59-32(3)35-28-56-50(57-29-35)75-20-13-16-46(69)79-63-43(66)17-18-44(63)67/h12,14-15,23-24,28-29,31,33,38-40,48,72H,13,16-22,25-27H2,1-11H3,(H,58,71)(H,60,64)/b15-12+,30-14+,59-32+/t31-,33+,38+,39-,40+,48+,53?,54+/m1/s1. The van der Waals surface area contributed by atoms with Gasteiger partial charge in [0.05, 0.1) is 44.1 Å². The number of hydrogen-bond donors (Lipinski definition) is 3. The highest BCUT2D eigenvalue weighted by Crippen LogP contribution is 2.49. The van der Waals surface area contributed by atoms with Crippen LogP contribution in [0.3, 0.4) is 0 Å². The Balaban J connectivity index is 1.02. The van der Waals surface area contributed by atoms with Crippen LogP contribution in [-0.4, -0.2) is 166 Å². The van der Waals surface area contributed by atoms with Crippen molar-refractivity contribution in [2.24, 2.45) is 11.0 Å². The summed E-state index contributed by atoms with van der Waals surface area (Å²) in [5, 5.41) is 19.2. The number of carbonyl (C=O) groups is 8. The molecule has 3 saturated heterocycles. The number of epoxide rings is 1. The van der Waals surface area contributed by atoms with Crippen LogP contribution in [0.15, 0.2) is 53.4 Å². The summed E-state index contributed by atoms with van der Waals surface area (Å²) in [6.07, 6.45) is 3.56. The number of fused-ring (bicyclic) bond motifs is 5. The van der Waals surface area contributed by atoms with E-state index in [0.29, 0.717) is 39.9 Å². The van der Waals surface area contributed by atoms with Gasteiger partial charge in [-0.3, -0.25) is 29.3 Å². The van der Waals surface area contributed by atoms with Crippen LogP contribution in [0.4, 0.5) is 10.5 Å². The Morgan fingerprint density at radius 3 is 2.44 bits per heavy atom. The van der Waals surface area contributed by atoms with Gasteiger partial charge in [0.1, 0.15) is 40.7 Å². The Morgan fingerprint density at radius 2 is 1.78 bits per heavy atom. The van der Waals surface area contributed by atoms with Gasteiger partial charge < -0.3 is 48.2 Å². The minimum atomic E-state index is -1.88. The number of hydrazone groups is 1. The summed E-state index contributed by atoms with van der Waals surface area (Å²) in [4.78, 5) is 119. The number of hydrogen-bond acceptors (Lipinski definition) is 21. The van der Waals surface area contributed by atoms with Crippen LogP contribution in [0.25, 0.3) is 0 Å². The number of alkyl carbamates (subject to hydrolysis) is 1. The van der Waals surface area contributed by atoms with E-state index < -0.39 is 88.2 Å². The van der Waals surface area contributed by atoms with Crippen LogP contribution in [0, 0.1) is 5.92 Å². The normalized spacial score (nSPS) is 25.8. The lowest BCUT2D eigenvalue weighted by Gasteiger charge is -2.42. The summed E-state index contributed by atoms with van der Waals surface area (Å²) in [6.45, 7) is 12.4. The second-order valence-corrected chi connectivity index (χ2v) is 24.5. The van der Waals surface area contributed by atoms with Crippen LogP contribution in [-0.2, 0) is 63.8 Å². The second kappa shape index (κ2) is 27.6. The molecule has 8 atom stereocenters.